The molecule has 4 amide bonds. The molecule has 0 aromatic heterocycles. The topological polar surface area (TPSA) is 146 Å². The smallest absolute Gasteiger partial charge is 0.435 e. The quantitative estimate of drug-likeness (QED) is 0.160. The van der Waals surface area contributed by atoms with Crippen LogP contribution in [0.5, 0.6) is 0 Å². The first-order valence-electron chi connectivity index (χ1n) is 12.4. The third-order valence-corrected chi connectivity index (χ3v) is 11.0. The van der Waals surface area contributed by atoms with Gasteiger partial charge >= 0.3 is 24.0 Å². The van der Waals surface area contributed by atoms with Crippen LogP contribution in [0.15, 0.2) is 0 Å². The van der Waals surface area contributed by atoms with Crippen LogP contribution in [-0.2, 0) is 28.5 Å². The molecule has 6 atom stereocenters. The minimum absolute atomic E-state index is 0.124. The molecule has 0 radical (unpaired) electrons. The van der Waals surface area contributed by atoms with Crippen LogP contribution >= 0.6 is 21.6 Å². The predicted octanol–water partition coefficient (Wildman–Crippen LogP) is 3.25. The molecule has 2 saturated heterocycles. The van der Waals surface area contributed by atoms with E-state index in [-0.39, 0.29) is 25.9 Å². The van der Waals surface area contributed by atoms with E-state index in [4.69, 9.17) is 18.9 Å². The summed E-state index contributed by atoms with van der Waals surface area (Å²) in [6, 6.07) is -1.08. The van der Waals surface area contributed by atoms with E-state index in [1.54, 1.807) is 27.7 Å². The van der Waals surface area contributed by atoms with E-state index in [0.29, 0.717) is 11.5 Å². The zero-order valence-corrected chi connectivity index (χ0v) is 25.1. The van der Waals surface area contributed by atoms with Gasteiger partial charge in [0.2, 0.25) is 11.6 Å². The van der Waals surface area contributed by atoms with Gasteiger partial charge in [0.05, 0.1) is 24.7 Å². The number of hydrogen-bond acceptors (Lipinski definition) is 10. The summed E-state index contributed by atoms with van der Waals surface area (Å²) >= 11 is 0. The van der Waals surface area contributed by atoms with Gasteiger partial charge < -0.3 is 29.2 Å². The Hall–Kier alpha value is -1.26. The average Bonchev–Trinajstić information content (AvgIpc) is 3.38. The molecule has 0 aromatic rings. The van der Waals surface area contributed by atoms with Crippen LogP contribution in [0, 0.1) is 11.8 Å². The monoisotopic (exact) mass is 582 g/mol. The first kappa shape index (κ1) is 32.9. The highest BCUT2D eigenvalue weighted by Gasteiger charge is 2.65. The summed E-state index contributed by atoms with van der Waals surface area (Å²) in [6.07, 6.45) is -1.95. The molecule has 0 spiro atoms. The van der Waals surface area contributed by atoms with Crippen molar-refractivity contribution in [2.75, 3.05) is 53.0 Å². The molecule has 0 aromatic carbocycles. The van der Waals surface area contributed by atoms with E-state index in [1.807, 2.05) is 0 Å². The fourth-order valence-electron chi connectivity index (χ4n) is 5.69. The van der Waals surface area contributed by atoms with Gasteiger partial charge in [-0.3, -0.25) is 0 Å². The molecule has 2 heterocycles. The van der Waals surface area contributed by atoms with Gasteiger partial charge in [0.15, 0.2) is 13.1 Å². The van der Waals surface area contributed by atoms with Crippen LogP contribution in [-0.4, -0.2) is 120 Å². The van der Waals surface area contributed by atoms with E-state index in [9.17, 15) is 29.4 Å². The Balaban J connectivity index is 2.03. The van der Waals surface area contributed by atoms with Gasteiger partial charge in [-0.25, -0.2) is 9.59 Å². The highest BCUT2D eigenvalue weighted by atomic mass is 33.1. The third-order valence-electron chi connectivity index (χ3n) is 8.22. The maximum absolute atomic E-state index is 13.4. The number of quaternary nitrogens is 2. The van der Waals surface area contributed by atoms with Crippen molar-refractivity contribution in [1.29, 1.82) is 0 Å². The van der Waals surface area contributed by atoms with Crippen molar-refractivity contribution in [3.8, 4) is 0 Å². The van der Waals surface area contributed by atoms with Crippen LogP contribution in [0.4, 0.5) is 9.59 Å². The molecular formula is C24H42N2O10S2+2. The van der Waals surface area contributed by atoms with Crippen LogP contribution < -0.4 is 0 Å². The first-order valence-corrected chi connectivity index (χ1v) is 14.9. The summed E-state index contributed by atoms with van der Waals surface area (Å²) in [5, 5.41) is 20.1. The second kappa shape index (κ2) is 12.5. The lowest BCUT2D eigenvalue weighted by molar-refractivity contribution is -0.799. The zero-order valence-electron chi connectivity index (χ0n) is 23.4. The van der Waals surface area contributed by atoms with Crippen LogP contribution in [0.3, 0.4) is 0 Å². The average molecular weight is 583 g/mol. The number of hydrogen-bond donors (Lipinski definition) is 2. The number of imide groups is 2. The molecule has 2 aliphatic rings. The Morgan fingerprint density at radius 2 is 1.03 bits per heavy atom. The van der Waals surface area contributed by atoms with Crippen molar-refractivity contribution in [3.63, 3.8) is 0 Å². The minimum Gasteiger partial charge on any atom is -0.435 e. The lowest BCUT2D eigenvalue weighted by Gasteiger charge is -2.33. The second-order valence-corrected chi connectivity index (χ2v) is 13.0. The number of likely N-dealkylation sites (tertiary alicyclic amines) is 2. The van der Waals surface area contributed by atoms with E-state index >= 15 is 0 Å². The molecule has 218 valence electrons. The van der Waals surface area contributed by atoms with Gasteiger partial charge in [-0.05, 0) is 27.7 Å². The summed E-state index contributed by atoms with van der Waals surface area (Å²) < 4.78 is 20.2. The van der Waals surface area contributed by atoms with Crippen molar-refractivity contribution < 1.29 is 57.3 Å². The second-order valence-electron chi connectivity index (χ2n) is 10.4. The maximum Gasteiger partial charge on any atom is 0.521 e. The van der Waals surface area contributed by atoms with Gasteiger partial charge in [0.25, 0.3) is 0 Å². The minimum atomic E-state index is -1.24. The van der Waals surface area contributed by atoms with Gasteiger partial charge in [-0.1, -0.05) is 21.6 Å². The Labute approximate surface area is 231 Å². The summed E-state index contributed by atoms with van der Waals surface area (Å²) in [7, 11) is 8.44. The van der Waals surface area contributed by atoms with E-state index < -0.39 is 68.5 Å². The first-order chi connectivity index (χ1) is 17.7. The molecule has 0 aliphatic carbocycles. The number of carbonyl (C=O) groups is 4. The third kappa shape index (κ3) is 5.64. The molecule has 38 heavy (non-hydrogen) atoms. The summed E-state index contributed by atoms with van der Waals surface area (Å²) in [5.74, 6) is -3.71. The van der Waals surface area contributed by atoms with Crippen molar-refractivity contribution in [2.24, 2.45) is 11.8 Å². The molecule has 0 bridgehead atoms. The van der Waals surface area contributed by atoms with Crippen molar-refractivity contribution in [2.45, 2.75) is 64.2 Å². The number of rotatable bonds is 11. The Bertz CT molecular complexity index is 841. The van der Waals surface area contributed by atoms with Crippen LogP contribution in [0.1, 0.15) is 40.5 Å². The van der Waals surface area contributed by atoms with Crippen LogP contribution in [0.25, 0.3) is 0 Å². The van der Waals surface area contributed by atoms with E-state index in [2.05, 4.69) is 0 Å². The molecule has 0 unspecified atom stereocenters. The van der Waals surface area contributed by atoms with E-state index in [0.717, 1.165) is 0 Å². The number of methoxy groups -OCH3 is 4. The number of carbonyl (C=O) groups excluding carboxylic acids is 2. The SMILES string of the molecule is COC1(OC)C[C@@H](C)[N@+](C(=O)O)(C(=O)[C@H](C)CSSC[C@@H](C)C(=O)[N@+]2(C(=O)O)CC(OC)(OC)C[C@H]2C)C1. The highest BCUT2D eigenvalue weighted by Crippen LogP contribution is 2.41. The fourth-order valence-corrected chi connectivity index (χ4v) is 8.38. The lowest BCUT2D eigenvalue weighted by atomic mass is 10.1. The van der Waals surface area contributed by atoms with Gasteiger partial charge in [0.1, 0.15) is 12.1 Å². The molecule has 2 N–H and O–H groups in total. The largest absolute Gasteiger partial charge is 0.521 e. The molecule has 2 fully saturated rings. The molecule has 2 aliphatic heterocycles. The number of carboxylic acid groups (broad SMARTS) is 2. The predicted molar refractivity (Wildman–Crippen MR) is 141 cm³/mol. The molecule has 0 saturated carbocycles. The Morgan fingerprint density at radius 3 is 1.24 bits per heavy atom. The molecule has 12 nitrogen and oxygen atoms in total. The molecule has 14 heteroatoms. The van der Waals surface area contributed by atoms with Gasteiger partial charge in [-0.15, -0.1) is 0 Å². The number of nitrogens with zero attached hydrogens (tertiary/aromatic N) is 2. The summed E-state index contributed by atoms with van der Waals surface area (Å²) in [6.45, 7) is 6.53. The van der Waals surface area contributed by atoms with Crippen molar-refractivity contribution in [3.05, 3.63) is 0 Å². The lowest BCUT2D eigenvalue weighted by Crippen LogP contribution is -2.62. The van der Waals surface area contributed by atoms with Crippen molar-refractivity contribution in [1.82, 2.24) is 0 Å². The Kier molecular flexibility index (Phi) is 10.8. The maximum atomic E-state index is 13.4. The molecule has 2 rings (SSSR count). The number of ether oxygens (including phenoxy) is 4. The van der Waals surface area contributed by atoms with E-state index in [1.165, 1.54) is 50.0 Å². The van der Waals surface area contributed by atoms with Gasteiger partial charge in [0, 0.05) is 39.9 Å². The highest BCUT2D eigenvalue weighted by molar-refractivity contribution is 8.76. The van der Waals surface area contributed by atoms with Crippen molar-refractivity contribution >= 4 is 45.6 Å². The van der Waals surface area contributed by atoms with Crippen LogP contribution in [0.2, 0.25) is 0 Å². The zero-order chi connectivity index (χ0) is 29.1. The number of amides is 4. The standard InChI is InChI=1S/C24H40N2O10S2/c1-15(19(27)25(21(29)30)13-23(33-5,34-6)9-17(25)3)11-37-38-12-16(2)20(28)26(22(31)32)14-24(35-7,36-8)10-18(26)4/h15-18H,9-14H2,1-8H3/p+2/t15-,16-,17-,18-,25+,26+/m1/s1. The fraction of sp³-hybridized carbons (Fsp3) is 0.833. The summed E-state index contributed by atoms with van der Waals surface area (Å²) in [5.41, 5.74) is 0. The molecular weight excluding hydrogens is 540 g/mol. The normalized spacial score (nSPS) is 31.6. The summed E-state index contributed by atoms with van der Waals surface area (Å²) in [4.78, 5) is 51.6. The Morgan fingerprint density at radius 1 is 0.737 bits per heavy atom. The van der Waals surface area contributed by atoms with Gasteiger partial charge in [-0.2, -0.15) is 18.6 Å².